The van der Waals surface area contributed by atoms with Crippen LogP contribution in [0.15, 0.2) is 0 Å². The topological polar surface area (TPSA) is 0 Å². The summed E-state index contributed by atoms with van der Waals surface area (Å²) >= 11 is 0. The lowest BCUT2D eigenvalue weighted by Crippen LogP contribution is -1.71. The molecule has 0 saturated carbocycles. The van der Waals surface area contributed by atoms with Gasteiger partial charge in [0, 0.05) is 0 Å². The Kier molecular flexibility index (Phi) is 6.03. The minimum absolute atomic E-state index is 0.170. The molecule has 0 nitrogen and oxygen atoms in total. The first-order valence-corrected chi connectivity index (χ1v) is 21.1. The third-order valence-electron chi connectivity index (χ3n) is 1.77. The second-order valence-corrected chi connectivity index (χ2v) is 46.6. The van der Waals surface area contributed by atoms with Crippen molar-refractivity contribution < 1.29 is 0 Å². The van der Waals surface area contributed by atoms with Crippen molar-refractivity contribution in [2.75, 3.05) is 0 Å². The molecule has 0 aromatic carbocycles. The van der Waals surface area contributed by atoms with Crippen LogP contribution in [-0.2, 0) is 0 Å². The number of hydrogen-bond donors (Lipinski definition) is 0. The zero-order valence-corrected chi connectivity index (χ0v) is 17.0. The Morgan fingerprint density at radius 1 is 1.42 bits per heavy atom. The van der Waals surface area contributed by atoms with E-state index in [-0.39, 0.29) is 6.99 Å². The van der Waals surface area contributed by atoms with Crippen molar-refractivity contribution in [2.24, 2.45) is 0 Å². The van der Waals surface area contributed by atoms with E-state index in [1.165, 1.54) is 0 Å². The van der Waals surface area contributed by atoms with Gasteiger partial charge < -0.3 is 0 Å². The Morgan fingerprint density at radius 2 is 1.92 bits per heavy atom. The van der Waals surface area contributed by atoms with Gasteiger partial charge in [-0.3, -0.25) is 0 Å². The van der Waals surface area contributed by atoms with Crippen LogP contribution in [0, 0.1) is 0 Å². The van der Waals surface area contributed by atoms with Crippen LogP contribution in [0.5, 0.6) is 0 Å². The maximum atomic E-state index is 3.21. The predicted octanol–water partition coefficient (Wildman–Crippen LogP) is 5.90. The van der Waals surface area contributed by atoms with Gasteiger partial charge in [0.25, 0.3) is 0 Å². The van der Waals surface area contributed by atoms with E-state index >= 15 is 0 Å². The highest BCUT2D eigenvalue weighted by atomic mass is 33.2. The number of hydrogen-bond acceptors (Lipinski definition) is 0. The molecule has 1 heterocycles. The number of rotatable bonds is 1. The van der Waals surface area contributed by atoms with E-state index in [0.29, 0.717) is 0 Å². The van der Waals surface area contributed by atoms with Gasteiger partial charge in [0.2, 0.25) is 0 Å². The smallest absolute Gasteiger partial charge is 0.00148 e. The first-order chi connectivity index (χ1) is 5.36. The van der Waals surface area contributed by atoms with Crippen molar-refractivity contribution in [1.29, 1.82) is 0 Å². The predicted molar refractivity (Wildman–Crippen MR) is 95.2 cm³/mol. The molecule has 0 aromatic heterocycles. The van der Waals surface area contributed by atoms with Gasteiger partial charge in [-0.1, -0.05) is 24.8 Å². The molecular weight excluding hydrogens is 334 g/mol. The van der Waals surface area contributed by atoms with Gasteiger partial charge in [-0.05, 0) is 30.5 Å². The van der Waals surface area contributed by atoms with E-state index in [2.05, 4.69) is 51.6 Å². The summed E-state index contributed by atoms with van der Waals surface area (Å²) in [7, 11) is 18.3. The highest BCUT2D eigenvalue weighted by Gasteiger charge is 2.33. The summed E-state index contributed by atoms with van der Waals surface area (Å²) in [4.78, 5) is 0. The molecule has 12 heavy (non-hydrogen) atoms. The lowest BCUT2D eigenvalue weighted by molar-refractivity contribution is 2.11. The Labute approximate surface area is 90.8 Å². The van der Waals surface area contributed by atoms with Gasteiger partial charge >= 0.3 is 0 Å². The monoisotopic (exact) mass is 348 g/mol. The maximum Gasteiger partial charge on any atom is -0.00148 e. The second-order valence-electron chi connectivity index (χ2n) is 2.48. The van der Waals surface area contributed by atoms with Gasteiger partial charge in [-0.2, -0.15) is 0 Å². The summed E-state index contributed by atoms with van der Waals surface area (Å²) < 4.78 is 0. The third kappa shape index (κ3) is 2.33. The van der Waals surface area contributed by atoms with Crippen molar-refractivity contribution in [3.05, 3.63) is 0 Å². The van der Waals surface area contributed by atoms with Gasteiger partial charge in [0.15, 0.2) is 0 Å². The molecule has 0 saturated heterocycles. The van der Waals surface area contributed by atoms with E-state index in [0.717, 1.165) is 7.96 Å². The molecule has 0 aliphatic carbocycles. The largest absolute Gasteiger partial charge is 0.109 e. The molecule has 0 spiro atoms. The summed E-state index contributed by atoms with van der Waals surface area (Å²) in [6.07, 6.45) is 0. The van der Waals surface area contributed by atoms with Crippen LogP contribution in [0.3, 0.4) is 0 Å². The molecule has 0 radical (unpaired) electrons. The molecular formula is C2H14P10. The lowest BCUT2D eigenvalue weighted by Gasteiger charge is -2.27. The average molecular weight is 348 g/mol. The zero-order chi connectivity index (χ0) is 9.57. The quantitative estimate of drug-likeness (QED) is 0.518. The summed E-state index contributed by atoms with van der Waals surface area (Å²) in [6.45, 7) is 2.53. The molecule has 0 aromatic rings. The van der Waals surface area contributed by atoms with Crippen molar-refractivity contribution in [3.8, 4) is 0 Å². The van der Waals surface area contributed by atoms with Crippen LogP contribution in [0.25, 0.3) is 0 Å². The lowest BCUT2D eigenvalue weighted by atomic mass is 11.0. The van der Waals surface area contributed by atoms with E-state index < -0.39 is 11.5 Å². The van der Waals surface area contributed by atoms with Crippen LogP contribution >= 0.6 is 79.0 Å². The summed E-state index contributed by atoms with van der Waals surface area (Å²) in [5, 5.41) is 1.76. The highest BCUT2D eigenvalue weighted by molar-refractivity contribution is 9.17. The van der Waals surface area contributed by atoms with Crippen LogP contribution in [-0.4, -0.2) is 5.03 Å². The van der Waals surface area contributed by atoms with E-state index in [1.807, 2.05) is 0 Å². The molecule has 0 N–H and O–H groups in total. The van der Waals surface area contributed by atoms with Crippen LogP contribution < -0.4 is 0 Å². The molecule has 0 amide bonds. The molecule has 1 aliphatic heterocycles. The highest BCUT2D eigenvalue weighted by Crippen LogP contribution is 3.14. The fourth-order valence-electron chi connectivity index (χ4n) is 0.850. The fourth-order valence-corrected chi connectivity index (χ4v) is 82.2. The molecule has 8 atom stereocenters. The summed E-state index contributed by atoms with van der Waals surface area (Å²) in [5.41, 5.74) is -0.785. The van der Waals surface area contributed by atoms with Gasteiger partial charge in [-0.25, -0.2) is 0 Å². The van der Waals surface area contributed by atoms with Gasteiger partial charge in [-0.15, -0.1) is 35.7 Å². The molecule has 1 aliphatic rings. The summed E-state index contributed by atoms with van der Waals surface area (Å²) in [6, 6.07) is 0. The normalized spacial score (nSPS) is 42.2. The molecule has 1 rings (SSSR count). The van der Waals surface area contributed by atoms with Crippen molar-refractivity contribution in [3.63, 3.8) is 0 Å². The zero-order valence-electron chi connectivity index (χ0n) is 6.68. The first kappa shape index (κ1) is 14.1. The maximum absolute atomic E-state index is 3.21. The summed E-state index contributed by atoms with van der Waals surface area (Å²) in [5.74, 6) is -0.794. The fraction of sp³-hybridized carbons (Fsp3) is 0.500. The van der Waals surface area contributed by atoms with Crippen molar-refractivity contribution in [1.82, 2.24) is 0 Å². The van der Waals surface area contributed by atoms with Gasteiger partial charge in [0.1, 0.15) is 0 Å². The SMILES string of the molecule is CC1=PP(P)P(P)(P)=P1(P)PP. The van der Waals surface area contributed by atoms with Crippen LogP contribution in [0.2, 0.25) is 0 Å². The second kappa shape index (κ2) is 5.13. The van der Waals surface area contributed by atoms with Gasteiger partial charge in [0.05, 0.1) is 0 Å². The van der Waals surface area contributed by atoms with Crippen molar-refractivity contribution in [2.45, 2.75) is 6.92 Å². The molecule has 0 bridgehead atoms. The minimum Gasteiger partial charge on any atom is -0.109 e. The molecule has 10 heteroatoms. The average Bonchev–Trinajstić information content (AvgIpc) is 2.14. The van der Waals surface area contributed by atoms with Crippen LogP contribution in [0.1, 0.15) is 6.92 Å². The minimum atomic E-state index is -0.794. The molecule has 8 unspecified atom stereocenters. The Morgan fingerprint density at radius 3 is 2.08 bits per heavy atom. The Hall–Kier alpha value is 4.04. The van der Waals surface area contributed by atoms with E-state index in [4.69, 9.17) is 0 Å². The Bertz CT molecular complexity index is 291. The molecule has 0 fully saturated rings. The molecule has 72 valence electrons. The third-order valence-corrected chi connectivity index (χ3v) is 83.4. The standard InChI is InChI=1S/C2H14P10/c1-2-8-10(4)12(6,7)11(2,5)9-3/h9H,3-7H2,1H3. The first-order valence-electron chi connectivity index (χ1n) is 3.09. The Balaban J connectivity index is 3.42. The van der Waals surface area contributed by atoms with Crippen molar-refractivity contribution >= 4 is 84.1 Å². The van der Waals surface area contributed by atoms with Crippen LogP contribution in [0.4, 0.5) is 0 Å². The van der Waals surface area contributed by atoms with E-state index in [1.54, 1.807) is 12.9 Å². The van der Waals surface area contributed by atoms with E-state index in [9.17, 15) is 0 Å².